The third-order valence-electron chi connectivity index (χ3n) is 6.21. The van der Waals surface area contributed by atoms with Crippen molar-refractivity contribution in [1.29, 1.82) is 0 Å². The van der Waals surface area contributed by atoms with E-state index in [0.717, 1.165) is 4.90 Å². The quantitative estimate of drug-likeness (QED) is 0.131. The summed E-state index contributed by atoms with van der Waals surface area (Å²) in [5.74, 6) is -1.01. The van der Waals surface area contributed by atoms with Crippen LogP contribution < -0.4 is 31.2 Å². The van der Waals surface area contributed by atoms with Crippen molar-refractivity contribution in [2.24, 2.45) is 5.73 Å². The van der Waals surface area contributed by atoms with Crippen molar-refractivity contribution in [2.45, 2.75) is 4.90 Å². The number of carbonyl (C=O) groups excluding carboxylic acids is 4. The molecule has 0 fully saturated rings. The van der Waals surface area contributed by atoms with Gasteiger partial charge in [-0.15, -0.1) is 11.8 Å². The van der Waals surface area contributed by atoms with E-state index in [9.17, 15) is 19.2 Å². The first-order chi connectivity index (χ1) is 21.3. The topological polar surface area (TPSA) is 149 Å². The molecule has 4 aromatic rings. The average molecular weight is 611 g/mol. The molecular weight excluding hydrogens is 580 g/mol. The van der Waals surface area contributed by atoms with Gasteiger partial charge in [0, 0.05) is 21.7 Å². The van der Waals surface area contributed by atoms with Crippen LogP contribution in [0.15, 0.2) is 108 Å². The predicted octanol–water partition coefficient (Wildman–Crippen LogP) is 4.94. The molecule has 4 amide bonds. The number of amides is 4. The Kier molecular flexibility index (Phi) is 10.8. The molecule has 0 unspecified atom stereocenters. The fourth-order valence-corrected chi connectivity index (χ4v) is 4.80. The van der Waals surface area contributed by atoms with Crippen LogP contribution in [0.3, 0.4) is 0 Å². The summed E-state index contributed by atoms with van der Waals surface area (Å²) in [5.41, 5.74) is 7.30. The van der Waals surface area contributed by atoms with Gasteiger partial charge in [-0.2, -0.15) is 0 Å². The van der Waals surface area contributed by atoms with Crippen LogP contribution in [0.2, 0.25) is 0 Å². The van der Waals surface area contributed by atoms with Gasteiger partial charge in [-0.1, -0.05) is 42.5 Å². The van der Waals surface area contributed by atoms with Gasteiger partial charge in [-0.05, 0) is 60.7 Å². The lowest BCUT2D eigenvalue weighted by molar-refractivity contribution is -0.114. The van der Waals surface area contributed by atoms with Crippen molar-refractivity contribution in [3.05, 3.63) is 119 Å². The molecular formula is C33H30N4O6S. The van der Waals surface area contributed by atoms with E-state index in [-0.39, 0.29) is 22.9 Å². The number of anilines is 2. The Hall–Kier alpha value is -5.55. The molecule has 11 heteroatoms. The lowest BCUT2D eigenvalue weighted by Gasteiger charge is -2.14. The fourth-order valence-electron chi connectivity index (χ4n) is 4.10. The lowest BCUT2D eigenvalue weighted by Crippen LogP contribution is -2.30. The van der Waals surface area contributed by atoms with Gasteiger partial charge in [0.15, 0.2) is 11.5 Å². The Labute approximate surface area is 258 Å². The Morgan fingerprint density at radius 1 is 0.795 bits per heavy atom. The van der Waals surface area contributed by atoms with E-state index < -0.39 is 17.7 Å². The van der Waals surface area contributed by atoms with Gasteiger partial charge in [0.25, 0.3) is 17.7 Å². The second kappa shape index (κ2) is 15.1. The van der Waals surface area contributed by atoms with Gasteiger partial charge < -0.3 is 31.2 Å². The molecule has 0 spiro atoms. The van der Waals surface area contributed by atoms with Gasteiger partial charge >= 0.3 is 0 Å². The van der Waals surface area contributed by atoms with E-state index in [1.807, 2.05) is 0 Å². The highest BCUT2D eigenvalue weighted by atomic mass is 32.2. The number of benzene rings is 4. The minimum absolute atomic E-state index is 0.0169. The van der Waals surface area contributed by atoms with Gasteiger partial charge in [-0.3, -0.25) is 19.2 Å². The van der Waals surface area contributed by atoms with E-state index in [0.29, 0.717) is 34.0 Å². The Balaban J connectivity index is 1.46. The third kappa shape index (κ3) is 8.26. The maximum Gasteiger partial charge on any atom is 0.272 e. The standard InChI is InChI=1S/C33H30N4O6S/c1-42-28-14-8-11-22(30(28)43-2)19-27(37-32(40)21-9-4-3-5-10-21)33(41)35-23-15-17-24(18-16-23)44-20-29(38)36-26-13-7-6-12-25(26)31(34)39/h3-19H,20H2,1-2H3,(H2,34,39)(H,35,41)(H,36,38)(H,37,40)/b27-19-. The summed E-state index contributed by atoms with van der Waals surface area (Å²) in [6.45, 7) is 0. The molecule has 4 aromatic carbocycles. The average Bonchev–Trinajstić information content (AvgIpc) is 3.04. The highest BCUT2D eigenvalue weighted by Gasteiger charge is 2.18. The number of nitrogens with two attached hydrogens (primary N) is 1. The van der Waals surface area contributed by atoms with Crippen LogP contribution in [0.25, 0.3) is 6.08 Å². The van der Waals surface area contributed by atoms with E-state index >= 15 is 0 Å². The van der Waals surface area contributed by atoms with Crippen LogP contribution in [0.4, 0.5) is 11.4 Å². The summed E-state index contributed by atoms with van der Waals surface area (Å²) in [7, 11) is 2.99. The minimum atomic E-state index is -0.633. The van der Waals surface area contributed by atoms with Crippen molar-refractivity contribution in [3.8, 4) is 11.5 Å². The first-order valence-corrected chi connectivity index (χ1v) is 14.3. The first-order valence-electron chi connectivity index (χ1n) is 13.3. The number of thioether (sulfide) groups is 1. The molecule has 0 heterocycles. The van der Waals surface area contributed by atoms with Crippen LogP contribution in [0.1, 0.15) is 26.3 Å². The summed E-state index contributed by atoms with van der Waals surface area (Å²) >= 11 is 1.28. The van der Waals surface area contributed by atoms with Crippen molar-refractivity contribution >= 4 is 52.8 Å². The monoisotopic (exact) mass is 610 g/mol. The zero-order chi connectivity index (χ0) is 31.5. The molecule has 0 saturated carbocycles. The summed E-state index contributed by atoms with van der Waals surface area (Å²) in [5, 5.41) is 8.20. The van der Waals surface area contributed by atoms with Gasteiger partial charge in [0.2, 0.25) is 5.91 Å². The summed E-state index contributed by atoms with van der Waals surface area (Å²) in [4.78, 5) is 51.2. The number of carbonyl (C=O) groups is 4. The molecule has 0 aromatic heterocycles. The number of methoxy groups -OCH3 is 2. The van der Waals surface area contributed by atoms with Gasteiger partial charge in [0.05, 0.1) is 31.2 Å². The molecule has 0 radical (unpaired) electrons. The predicted molar refractivity (Wildman–Crippen MR) is 171 cm³/mol. The normalized spacial score (nSPS) is 10.8. The van der Waals surface area contributed by atoms with Crippen molar-refractivity contribution < 1.29 is 28.7 Å². The number of rotatable bonds is 12. The smallest absolute Gasteiger partial charge is 0.272 e. The van der Waals surface area contributed by atoms with E-state index in [2.05, 4.69) is 16.0 Å². The molecule has 0 aliphatic carbocycles. The fraction of sp³-hybridized carbons (Fsp3) is 0.0909. The molecule has 0 aliphatic heterocycles. The third-order valence-corrected chi connectivity index (χ3v) is 7.22. The number of hydrogen-bond donors (Lipinski definition) is 4. The molecule has 4 rings (SSSR count). The summed E-state index contributed by atoms with van der Waals surface area (Å²) in [6, 6.07) is 27.1. The molecule has 5 N–H and O–H groups in total. The number of ether oxygens (including phenoxy) is 2. The number of primary amides is 1. The summed E-state index contributed by atoms with van der Waals surface area (Å²) < 4.78 is 10.9. The number of para-hydroxylation sites is 2. The van der Waals surface area contributed by atoms with E-state index in [1.165, 1.54) is 32.1 Å². The molecule has 224 valence electrons. The van der Waals surface area contributed by atoms with E-state index in [1.54, 1.807) is 97.1 Å². The molecule has 0 saturated heterocycles. The van der Waals surface area contributed by atoms with E-state index in [4.69, 9.17) is 15.2 Å². The zero-order valence-electron chi connectivity index (χ0n) is 24.0. The largest absolute Gasteiger partial charge is 0.493 e. The second-order valence-electron chi connectivity index (χ2n) is 9.19. The van der Waals surface area contributed by atoms with Crippen LogP contribution in [0.5, 0.6) is 11.5 Å². The molecule has 0 bridgehead atoms. The maximum atomic E-state index is 13.4. The van der Waals surface area contributed by atoms with Crippen LogP contribution in [-0.2, 0) is 9.59 Å². The Morgan fingerprint density at radius 3 is 2.18 bits per heavy atom. The lowest BCUT2D eigenvalue weighted by atomic mass is 10.1. The van der Waals surface area contributed by atoms with Crippen LogP contribution >= 0.6 is 11.8 Å². The Bertz CT molecular complexity index is 1690. The highest BCUT2D eigenvalue weighted by Crippen LogP contribution is 2.32. The first kappa shape index (κ1) is 31.4. The molecule has 0 aliphatic rings. The second-order valence-corrected chi connectivity index (χ2v) is 10.2. The number of hydrogen-bond acceptors (Lipinski definition) is 7. The van der Waals surface area contributed by atoms with Crippen molar-refractivity contribution in [1.82, 2.24) is 5.32 Å². The molecule has 10 nitrogen and oxygen atoms in total. The maximum absolute atomic E-state index is 13.4. The number of nitrogens with one attached hydrogen (secondary N) is 3. The van der Waals surface area contributed by atoms with Crippen LogP contribution in [0, 0.1) is 0 Å². The minimum Gasteiger partial charge on any atom is -0.493 e. The van der Waals surface area contributed by atoms with Crippen molar-refractivity contribution in [2.75, 3.05) is 30.6 Å². The van der Waals surface area contributed by atoms with Crippen molar-refractivity contribution in [3.63, 3.8) is 0 Å². The van der Waals surface area contributed by atoms with Gasteiger partial charge in [-0.25, -0.2) is 0 Å². The zero-order valence-corrected chi connectivity index (χ0v) is 24.8. The summed E-state index contributed by atoms with van der Waals surface area (Å²) in [6.07, 6.45) is 1.51. The van der Waals surface area contributed by atoms with Gasteiger partial charge in [0.1, 0.15) is 5.70 Å². The SMILES string of the molecule is COc1cccc(/C=C(\NC(=O)c2ccccc2)C(=O)Nc2ccc(SCC(=O)Nc3ccccc3C(N)=O)cc2)c1OC. The molecule has 44 heavy (non-hydrogen) atoms. The van der Waals surface area contributed by atoms with Crippen LogP contribution in [-0.4, -0.2) is 43.6 Å². The Morgan fingerprint density at radius 2 is 1.50 bits per heavy atom. The highest BCUT2D eigenvalue weighted by molar-refractivity contribution is 8.00. The molecule has 0 atom stereocenters.